The molecular weight excluding hydrogens is 548 g/mol. The highest BCUT2D eigenvalue weighted by atomic mass is 32.2. The Morgan fingerprint density at radius 3 is 2.51 bits per heavy atom. The minimum Gasteiger partial charge on any atom is -0.370 e. The molecular formula is C29H31F2N7O2S. The van der Waals surface area contributed by atoms with Gasteiger partial charge in [-0.3, -0.25) is 9.57 Å². The van der Waals surface area contributed by atoms with Gasteiger partial charge in [0, 0.05) is 63.6 Å². The van der Waals surface area contributed by atoms with Crippen LogP contribution in [0.4, 0.5) is 14.5 Å². The van der Waals surface area contributed by atoms with Gasteiger partial charge < -0.3 is 10.2 Å². The van der Waals surface area contributed by atoms with E-state index in [1.807, 2.05) is 24.3 Å². The number of alkyl halides is 1. The molecule has 2 aromatic heterocycles. The number of nitrogens with zero attached hydrogens (tertiary/aromatic N) is 5. The summed E-state index contributed by atoms with van der Waals surface area (Å²) in [6.07, 6.45) is 3.73. The molecule has 2 saturated carbocycles. The molecule has 0 radical (unpaired) electrons. The Kier molecular flexibility index (Phi) is 7.01. The first kappa shape index (κ1) is 27.3. The maximum Gasteiger partial charge on any atom is 0.225 e. The van der Waals surface area contributed by atoms with Crippen LogP contribution < -0.4 is 10.2 Å². The summed E-state index contributed by atoms with van der Waals surface area (Å²) in [6.45, 7) is 1.10. The molecule has 1 aromatic carbocycles. The predicted octanol–water partition coefficient (Wildman–Crippen LogP) is 4.33. The lowest BCUT2D eigenvalue weighted by molar-refractivity contribution is -0.128. The topological polar surface area (TPSA) is 128 Å². The van der Waals surface area contributed by atoms with Gasteiger partial charge in [0.2, 0.25) is 5.91 Å². The normalized spacial score (nSPS) is 24.8. The molecule has 3 aromatic rings. The Morgan fingerprint density at radius 2 is 1.88 bits per heavy atom. The third-order valence-corrected chi connectivity index (χ3v) is 10.1. The van der Waals surface area contributed by atoms with Gasteiger partial charge in [0.1, 0.15) is 17.5 Å². The maximum absolute atomic E-state index is 14.7. The predicted molar refractivity (Wildman–Crippen MR) is 150 cm³/mol. The summed E-state index contributed by atoms with van der Waals surface area (Å²) in [5, 5.41) is 17.2. The van der Waals surface area contributed by atoms with Crippen molar-refractivity contribution in [2.24, 2.45) is 5.92 Å². The van der Waals surface area contributed by atoms with E-state index in [9.17, 15) is 23.0 Å². The molecule has 2 aliphatic carbocycles. The van der Waals surface area contributed by atoms with E-state index in [-0.39, 0.29) is 18.2 Å². The first-order valence-electron chi connectivity index (χ1n) is 13.8. The van der Waals surface area contributed by atoms with Gasteiger partial charge in [-0.15, -0.1) is 0 Å². The van der Waals surface area contributed by atoms with Gasteiger partial charge in [-0.2, -0.15) is 10.4 Å². The van der Waals surface area contributed by atoms with E-state index in [2.05, 4.69) is 21.3 Å². The zero-order chi connectivity index (χ0) is 28.8. The number of carbonyl (C=O) groups excluding carboxylic acids is 1. The van der Waals surface area contributed by atoms with Crippen molar-refractivity contribution in [3.8, 4) is 23.0 Å². The SMILES string of the molecule is N#CC1(NC(=O)C2CC(F)CCC2c2nn(-c3ccc(F)cn3)cc2-c2ccc(N3CCS(=N)(=O)CC3)cc2)CC1. The number of pyridine rings is 1. The minimum absolute atomic E-state index is 0.0478. The summed E-state index contributed by atoms with van der Waals surface area (Å²) >= 11 is 0. The van der Waals surface area contributed by atoms with E-state index in [0.717, 1.165) is 23.0 Å². The molecule has 1 amide bonds. The van der Waals surface area contributed by atoms with Crippen LogP contribution in [-0.4, -0.2) is 61.2 Å². The first-order valence-corrected chi connectivity index (χ1v) is 15.7. The Labute approximate surface area is 237 Å². The molecule has 0 bridgehead atoms. The summed E-state index contributed by atoms with van der Waals surface area (Å²) in [6, 6.07) is 12.8. The van der Waals surface area contributed by atoms with Crippen molar-refractivity contribution in [1.82, 2.24) is 20.1 Å². The Hall–Kier alpha value is -3.85. The van der Waals surface area contributed by atoms with Crippen molar-refractivity contribution < 1.29 is 17.8 Å². The number of nitriles is 1. The second-order valence-electron chi connectivity index (χ2n) is 11.3. The van der Waals surface area contributed by atoms with Crippen LogP contribution in [-0.2, 0) is 14.5 Å². The Bertz CT molecular complexity index is 1580. The average molecular weight is 580 g/mol. The first-order chi connectivity index (χ1) is 19.7. The van der Waals surface area contributed by atoms with Crippen LogP contribution >= 0.6 is 0 Å². The Morgan fingerprint density at radius 1 is 1.15 bits per heavy atom. The number of hydrogen-bond donors (Lipinski definition) is 2. The van der Waals surface area contributed by atoms with Gasteiger partial charge in [0.05, 0.1) is 18.0 Å². The van der Waals surface area contributed by atoms with Crippen molar-refractivity contribution in [2.75, 3.05) is 29.5 Å². The van der Waals surface area contributed by atoms with Gasteiger partial charge in [0.15, 0.2) is 5.82 Å². The highest BCUT2D eigenvalue weighted by Crippen LogP contribution is 2.44. The highest BCUT2D eigenvalue weighted by molar-refractivity contribution is 7.92. The van der Waals surface area contributed by atoms with Crippen molar-refractivity contribution in [3.05, 3.63) is 60.3 Å². The van der Waals surface area contributed by atoms with Crippen molar-refractivity contribution in [3.63, 3.8) is 0 Å². The minimum atomic E-state index is -2.50. The number of amides is 1. The smallest absolute Gasteiger partial charge is 0.225 e. The van der Waals surface area contributed by atoms with Crippen LogP contribution in [0.1, 0.15) is 43.7 Å². The molecule has 3 unspecified atom stereocenters. The molecule has 3 aliphatic rings. The van der Waals surface area contributed by atoms with Crippen molar-refractivity contribution in [2.45, 2.75) is 49.7 Å². The molecule has 41 heavy (non-hydrogen) atoms. The van der Waals surface area contributed by atoms with Crippen LogP contribution in [0.5, 0.6) is 0 Å². The van der Waals surface area contributed by atoms with Crippen molar-refractivity contribution in [1.29, 1.82) is 10.0 Å². The van der Waals surface area contributed by atoms with Gasteiger partial charge >= 0.3 is 0 Å². The maximum atomic E-state index is 14.7. The number of rotatable bonds is 6. The molecule has 6 rings (SSSR count). The van der Waals surface area contributed by atoms with E-state index >= 15 is 0 Å². The monoisotopic (exact) mass is 579 g/mol. The third-order valence-electron chi connectivity index (χ3n) is 8.42. The van der Waals surface area contributed by atoms with E-state index in [4.69, 9.17) is 9.88 Å². The fraction of sp³-hybridized carbons (Fsp3) is 0.448. The van der Waals surface area contributed by atoms with Gasteiger partial charge in [-0.25, -0.2) is 22.7 Å². The summed E-state index contributed by atoms with van der Waals surface area (Å²) in [5.41, 5.74) is 2.33. The Balaban J connectivity index is 1.36. The fourth-order valence-corrected chi connectivity index (χ4v) is 7.03. The van der Waals surface area contributed by atoms with Crippen LogP contribution in [0.15, 0.2) is 48.8 Å². The zero-order valence-corrected chi connectivity index (χ0v) is 23.2. The van der Waals surface area contributed by atoms with Crippen LogP contribution in [0.2, 0.25) is 0 Å². The quantitative estimate of drug-likeness (QED) is 0.447. The molecule has 214 valence electrons. The largest absolute Gasteiger partial charge is 0.370 e. The second-order valence-corrected chi connectivity index (χ2v) is 13.7. The number of anilines is 1. The third kappa shape index (κ3) is 5.68. The van der Waals surface area contributed by atoms with Crippen LogP contribution in [0, 0.1) is 27.8 Å². The molecule has 1 aliphatic heterocycles. The van der Waals surface area contributed by atoms with E-state index in [0.29, 0.717) is 61.8 Å². The second kappa shape index (κ2) is 10.5. The lowest BCUT2D eigenvalue weighted by Crippen LogP contribution is -2.44. The van der Waals surface area contributed by atoms with Crippen LogP contribution in [0.3, 0.4) is 0 Å². The molecule has 0 spiro atoms. The summed E-state index contributed by atoms with van der Waals surface area (Å²) in [5.74, 6) is -0.803. The molecule has 1 saturated heterocycles. The zero-order valence-electron chi connectivity index (χ0n) is 22.4. The fourth-order valence-electron chi connectivity index (χ4n) is 5.80. The molecule has 3 heterocycles. The molecule has 12 heteroatoms. The number of carbonyl (C=O) groups is 1. The van der Waals surface area contributed by atoms with E-state index in [1.54, 1.807) is 10.9 Å². The van der Waals surface area contributed by atoms with Crippen molar-refractivity contribution >= 4 is 21.3 Å². The summed E-state index contributed by atoms with van der Waals surface area (Å²) < 4.78 is 49.7. The summed E-state index contributed by atoms with van der Waals surface area (Å²) in [7, 11) is -2.50. The molecule has 3 atom stereocenters. The van der Waals surface area contributed by atoms with Gasteiger partial charge in [-0.1, -0.05) is 12.1 Å². The lowest BCUT2D eigenvalue weighted by atomic mass is 9.74. The molecule has 2 N–H and O–H groups in total. The number of nitrogens with one attached hydrogen (secondary N) is 2. The standard InChI is InChI=1S/C29H31F2N7O2S/c30-20-3-7-23(24(15-20)28(39)35-29(18-32)9-10-29)27-25(17-38(36-27)26-8-4-21(31)16-34-26)19-1-5-22(6-2-19)37-11-13-41(33,40)14-12-37/h1-2,4-6,8,16-17,20,23-24,33H,3,7,9-15H2,(H,35,39). The van der Waals surface area contributed by atoms with E-state index in [1.165, 1.54) is 12.1 Å². The van der Waals surface area contributed by atoms with Crippen LogP contribution in [0.25, 0.3) is 16.9 Å². The molecule has 9 nitrogen and oxygen atoms in total. The average Bonchev–Trinajstić information content (AvgIpc) is 3.60. The summed E-state index contributed by atoms with van der Waals surface area (Å²) in [4.78, 5) is 19.7. The highest BCUT2D eigenvalue weighted by Gasteiger charge is 2.48. The lowest BCUT2D eigenvalue weighted by Gasteiger charge is -2.32. The number of halogens is 2. The number of hydrogen-bond acceptors (Lipinski definition) is 7. The molecule has 3 fully saturated rings. The number of benzene rings is 1. The van der Waals surface area contributed by atoms with E-state index < -0.39 is 33.2 Å². The van der Waals surface area contributed by atoms with Gasteiger partial charge in [-0.05, 0) is 61.9 Å². The number of aromatic nitrogens is 3. The van der Waals surface area contributed by atoms with Gasteiger partial charge in [0.25, 0.3) is 0 Å².